The number of alkyl halides is 3. The lowest BCUT2D eigenvalue weighted by Gasteiger charge is -2.41. The predicted molar refractivity (Wildman–Crippen MR) is 98.9 cm³/mol. The number of rotatable bonds is 1. The molecule has 1 heterocycles. The topological polar surface area (TPSA) is 46.6 Å². The number of ketones is 1. The molecule has 1 aromatic carbocycles. The average molecular weight is 405 g/mol. The Labute approximate surface area is 162 Å². The highest BCUT2D eigenvalue weighted by Crippen LogP contribution is 2.42. The van der Waals surface area contributed by atoms with E-state index in [9.17, 15) is 9.59 Å². The highest BCUT2D eigenvalue weighted by molar-refractivity contribution is 6.67. The van der Waals surface area contributed by atoms with Gasteiger partial charge in [-0.25, -0.2) is 4.79 Å². The van der Waals surface area contributed by atoms with Crippen LogP contribution < -0.4 is 0 Å². The molecule has 4 nitrogen and oxygen atoms in total. The summed E-state index contributed by atoms with van der Waals surface area (Å²) in [4.78, 5) is 26.5. The van der Waals surface area contributed by atoms with Crippen molar-refractivity contribution in [3.8, 4) is 0 Å². The van der Waals surface area contributed by atoms with E-state index in [0.717, 1.165) is 28.7 Å². The Bertz CT molecular complexity index is 714. The molecular formula is C18H20Cl3NO3. The Morgan fingerprint density at radius 3 is 2.72 bits per heavy atom. The minimum absolute atomic E-state index is 0.139. The van der Waals surface area contributed by atoms with Crippen LogP contribution in [0.2, 0.25) is 0 Å². The van der Waals surface area contributed by atoms with E-state index in [1.165, 1.54) is 0 Å². The maximum atomic E-state index is 12.6. The first-order chi connectivity index (χ1) is 11.7. The highest BCUT2D eigenvalue weighted by atomic mass is 35.6. The number of halogens is 3. The first kappa shape index (κ1) is 18.8. The molecule has 25 heavy (non-hydrogen) atoms. The van der Waals surface area contributed by atoms with Gasteiger partial charge in [0.25, 0.3) is 0 Å². The predicted octanol–water partition coefficient (Wildman–Crippen LogP) is 4.80. The van der Waals surface area contributed by atoms with E-state index in [1.807, 2.05) is 19.9 Å². The van der Waals surface area contributed by atoms with E-state index < -0.39 is 9.89 Å². The van der Waals surface area contributed by atoms with Crippen molar-refractivity contribution in [2.45, 2.75) is 36.4 Å². The normalized spacial score (nSPS) is 23.1. The van der Waals surface area contributed by atoms with Crippen LogP contribution in [0.5, 0.6) is 0 Å². The van der Waals surface area contributed by atoms with Gasteiger partial charge in [-0.15, -0.1) is 0 Å². The van der Waals surface area contributed by atoms with Crippen molar-refractivity contribution in [2.24, 2.45) is 5.92 Å². The van der Waals surface area contributed by atoms with Gasteiger partial charge in [-0.1, -0.05) is 52.5 Å². The lowest BCUT2D eigenvalue weighted by atomic mass is 9.70. The van der Waals surface area contributed by atoms with Crippen LogP contribution in [0.15, 0.2) is 12.1 Å². The summed E-state index contributed by atoms with van der Waals surface area (Å²) in [6.45, 7) is 4.78. The molecule has 0 aromatic heterocycles. The number of Topliss-reactive ketones (excluding diaryl/α,β-unsaturated/α-hetero) is 1. The Balaban J connectivity index is 1.82. The number of aryl methyl sites for hydroxylation is 2. The largest absolute Gasteiger partial charge is 0.445 e. The molecule has 0 bridgehead atoms. The molecule has 2 atom stereocenters. The maximum absolute atomic E-state index is 12.6. The van der Waals surface area contributed by atoms with Crippen LogP contribution >= 0.6 is 34.8 Å². The van der Waals surface area contributed by atoms with Gasteiger partial charge in [0.1, 0.15) is 6.61 Å². The second-order valence-electron chi connectivity index (χ2n) is 6.94. The van der Waals surface area contributed by atoms with E-state index in [-0.39, 0.29) is 24.2 Å². The van der Waals surface area contributed by atoms with Crippen LogP contribution in [-0.4, -0.2) is 40.3 Å². The monoisotopic (exact) mass is 403 g/mol. The quantitative estimate of drug-likeness (QED) is 0.631. The van der Waals surface area contributed by atoms with Crippen molar-refractivity contribution in [3.63, 3.8) is 0 Å². The number of hydrogen-bond acceptors (Lipinski definition) is 3. The summed E-state index contributed by atoms with van der Waals surface area (Å²) in [5.41, 5.74) is 4.01. The molecule has 1 fully saturated rings. The molecule has 1 amide bonds. The third-order valence-electron chi connectivity index (χ3n) is 5.01. The van der Waals surface area contributed by atoms with Crippen LogP contribution in [0.4, 0.5) is 4.79 Å². The third-order valence-corrected chi connectivity index (χ3v) is 5.34. The van der Waals surface area contributed by atoms with Crippen molar-refractivity contribution in [2.75, 3.05) is 19.7 Å². The van der Waals surface area contributed by atoms with Crippen LogP contribution in [0, 0.1) is 19.8 Å². The number of carbonyl (C=O) groups excluding carboxylic acids is 2. The van der Waals surface area contributed by atoms with E-state index in [4.69, 9.17) is 39.5 Å². The number of nitrogens with zero attached hydrogens (tertiary/aromatic N) is 1. The molecule has 1 aromatic rings. The van der Waals surface area contributed by atoms with Crippen LogP contribution in [-0.2, 0) is 4.74 Å². The van der Waals surface area contributed by atoms with E-state index >= 15 is 0 Å². The first-order valence-corrected chi connectivity index (χ1v) is 9.42. The molecule has 1 saturated heterocycles. The lowest BCUT2D eigenvalue weighted by Crippen LogP contribution is -2.45. The zero-order valence-corrected chi connectivity index (χ0v) is 16.4. The SMILES string of the molecule is Cc1cc(C)c2c(c1)C1CN(C(=O)OCC(Cl)(Cl)Cl)CCC1CC2=O. The number of fused-ring (bicyclic) bond motifs is 3. The molecule has 0 radical (unpaired) electrons. The smallest absolute Gasteiger partial charge is 0.409 e. The van der Waals surface area contributed by atoms with Crippen molar-refractivity contribution < 1.29 is 14.3 Å². The van der Waals surface area contributed by atoms with Gasteiger partial charge < -0.3 is 9.64 Å². The summed E-state index contributed by atoms with van der Waals surface area (Å²) in [6.07, 6.45) is 0.831. The van der Waals surface area contributed by atoms with Crippen LogP contribution in [0.3, 0.4) is 0 Å². The number of piperidine rings is 1. The Morgan fingerprint density at radius 1 is 1.32 bits per heavy atom. The van der Waals surface area contributed by atoms with Gasteiger partial charge in [0.05, 0.1) is 0 Å². The van der Waals surface area contributed by atoms with Gasteiger partial charge in [0.15, 0.2) is 5.78 Å². The molecule has 1 aliphatic heterocycles. The van der Waals surface area contributed by atoms with E-state index in [1.54, 1.807) is 4.90 Å². The maximum Gasteiger partial charge on any atom is 0.409 e. The molecule has 7 heteroatoms. The zero-order chi connectivity index (χ0) is 18.4. The van der Waals surface area contributed by atoms with Crippen molar-refractivity contribution >= 4 is 46.7 Å². The molecule has 0 N–H and O–H groups in total. The Kier molecular flexibility index (Phi) is 5.25. The fourth-order valence-electron chi connectivity index (χ4n) is 4.01. The van der Waals surface area contributed by atoms with Gasteiger partial charge in [0, 0.05) is 31.0 Å². The molecule has 1 aliphatic carbocycles. The van der Waals surface area contributed by atoms with Gasteiger partial charge in [-0.2, -0.15) is 0 Å². The van der Waals surface area contributed by atoms with Gasteiger partial charge >= 0.3 is 6.09 Å². The van der Waals surface area contributed by atoms with Gasteiger partial charge in [-0.05, 0) is 37.3 Å². The summed E-state index contributed by atoms with van der Waals surface area (Å²) in [5.74, 6) is 0.611. The van der Waals surface area contributed by atoms with Crippen molar-refractivity contribution in [3.05, 3.63) is 34.4 Å². The summed E-state index contributed by atoms with van der Waals surface area (Å²) in [5, 5.41) is 0. The number of ether oxygens (including phenoxy) is 1. The number of hydrogen-bond donors (Lipinski definition) is 0. The summed E-state index contributed by atoms with van der Waals surface area (Å²) >= 11 is 16.9. The molecule has 3 rings (SSSR count). The lowest BCUT2D eigenvalue weighted by molar-refractivity contribution is 0.0738. The van der Waals surface area contributed by atoms with Gasteiger partial charge in [-0.3, -0.25) is 4.79 Å². The summed E-state index contributed by atoms with van der Waals surface area (Å²) < 4.78 is 3.49. The number of likely N-dealkylation sites (tertiary alicyclic amines) is 1. The molecule has 136 valence electrons. The molecule has 2 aliphatic rings. The minimum atomic E-state index is -1.62. The number of amides is 1. The van der Waals surface area contributed by atoms with Crippen LogP contribution in [0.25, 0.3) is 0 Å². The average Bonchev–Trinajstić information content (AvgIpc) is 2.51. The second-order valence-corrected chi connectivity index (χ2v) is 9.46. The van der Waals surface area contributed by atoms with E-state index in [0.29, 0.717) is 19.5 Å². The standard InChI is InChI=1S/C18H20Cl3NO3/c1-10-5-11(2)16-13(6-10)14-8-22(4-3-12(14)7-15(16)23)17(24)25-9-18(19,20)21/h5-6,12,14H,3-4,7-9H2,1-2H3. The van der Waals surface area contributed by atoms with Gasteiger partial charge in [0.2, 0.25) is 3.79 Å². The number of carbonyl (C=O) groups is 2. The summed E-state index contributed by atoms with van der Waals surface area (Å²) in [7, 11) is 0. The minimum Gasteiger partial charge on any atom is -0.445 e. The molecule has 2 unspecified atom stereocenters. The first-order valence-electron chi connectivity index (χ1n) is 8.28. The van der Waals surface area contributed by atoms with Crippen LogP contribution in [0.1, 0.15) is 45.8 Å². The molecular weight excluding hydrogens is 385 g/mol. The van der Waals surface area contributed by atoms with Crippen molar-refractivity contribution in [1.29, 1.82) is 0 Å². The Hall–Kier alpha value is -0.970. The second kappa shape index (κ2) is 6.98. The Morgan fingerprint density at radius 2 is 2.04 bits per heavy atom. The highest BCUT2D eigenvalue weighted by Gasteiger charge is 2.40. The van der Waals surface area contributed by atoms with Crippen molar-refractivity contribution in [1.82, 2.24) is 4.90 Å². The molecule has 0 spiro atoms. The summed E-state index contributed by atoms with van der Waals surface area (Å²) in [6, 6.07) is 4.11. The third kappa shape index (κ3) is 4.07. The number of benzene rings is 1. The molecule has 0 saturated carbocycles. The zero-order valence-electron chi connectivity index (χ0n) is 14.2. The van der Waals surface area contributed by atoms with E-state index in [2.05, 4.69) is 6.07 Å². The fraction of sp³-hybridized carbons (Fsp3) is 0.556. The fourth-order valence-corrected chi connectivity index (χ4v) is 4.18.